The van der Waals surface area contributed by atoms with Gasteiger partial charge in [0.05, 0.1) is 16.8 Å². The molecule has 0 aliphatic rings. The van der Waals surface area contributed by atoms with Crippen molar-refractivity contribution in [2.24, 2.45) is 5.84 Å². The van der Waals surface area contributed by atoms with Crippen molar-refractivity contribution in [2.45, 2.75) is 13.0 Å². The van der Waals surface area contributed by atoms with E-state index >= 15 is 0 Å². The van der Waals surface area contributed by atoms with Crippen molar-refractivity contribution in [3.8, 4) is 0 Å². The maximum absolute atomic E-state index is 5.80. The zero-order valence-corrected chi connectivity index (χ0v) is 10.3. The molecular weight excluding hydrogens is 242 g/mol. The van der Waals surface area contributed by atoms with Crippen LogP contribution in [0.5, 0.6) is 0 Å². The van der Waals surface area contributed by atoms with Crippen molar-refractivity contribution in [2.75, 3.05) is 0 Å². The summed E-state index contributed by atoms with van der Waals surface area (Å²) in [5, 5.41) is 2.67. The predicted octanol–water partition coefficient (Wildman–Crippen LogP) is 2.66. The molecule has 16 heavy (non-hydrogen) atoms. The average molecular weight is 254 g/mol. The first-order chi connectivity index (χ1) is 7.72. The van der Waals surface area contributed by atoms with Crippen LogP contribution in [0.4, 0.5) is 0 Å². The van der Waals surface area contributed by atoms with Gasteiger partial charge in [-0.1, -0.05) is 11.6 Å². The summed E-state index contributed by atoms with van der Waals surface area (Å²) >= 11 is 7.47. The average Bonchev–Trinajstić information content (AvgIpc) is 2.69. The molecule has 3 nitrogen and oxygen atoms in total. The minimum Gasteiger partial charge on any atom is -0.270 e. The number of hydrazine groups is 1. The van der Waals surface area contributed by atoms with E-state index in [2.05, 4.69) is 23.4 Å². The summed E-state index contributed by atoms with van der Waals surface area (Å²) in [5.41, 5.74) is 4.87. The van der Waals surface area contributed by atoms with Crippen LogP contribution in [0.15, 0.2) is 29.8 Å². The van der Waals surface area contributed by atoms with Gasteiger partial charge in [-0.3, -0.25) is 10.8 Å². The molecule has 0 aliphatic heterocycles. The lowest BCUT2D eigenvalue weighted by atomic mass is 10.1. The molecule has 0 fully saturated rings. The van der Waals surface area contributed by atoms with Crippen LogP contribution in [-0.2, 0) is 0 Å². The number of rotatable bonds is 3. The smallest absolute Gasteiger partial charge is 0.0975 e. The van der Waals surface area contributed by atoms with Crippen molar-refractivity contribution < 1.29 is 0 Å². The summed E-state index contributed by atoms with van der Waals surface area (Å²) in [7, 11) is 0. The molecule has 2 aromatic rings. The quantitative estimate of drug-likeness (QED) is 0.653. The highest BCUT2D eigenvalue weighted by molar-refractivity contribution is 7.10. The van der Waals surface area contributed by atoms with Gasteiger partial charge in [0, 0.05) is 11.1 Å². The molecule has 2 heterocycles. The fourth-order valence-electron chi connectivity index (χ4n) is 1.53. The van der Waals surface area contributed by atoms with E-state index in [1.807, 2.05) is 17.5 Å². The van der Waals surface area contributed by atoms with Crippen LogP contribution >= 0.6 is 22.9 Å². The van der Waals surface area contributed by atoms with Crippen LogP contribution < -0.4 is 11.3 Å². The highest BCUT2D eigenvalue weighted by Crippen LogP contribution is 2.28. The zero-order chi connectivity index (χ0) is 11.5. The molecule has 0 aromatic carbocycles. The van der Waals surface area contributed by atoms with Gasteiger partial charge < -0.3 is 0 Å². The number of nitrogens with one attached hydrogen (secondary N) is 1. The van der Waals surface area contributed by atoms with E-state index in [4.69, 9.17) is 17.4 Å². The number of halogens is 1. The van der Waals surface area contributed by atoms with E-state index in [9.17, 15) is 0 Å². The number of hydrogen-bond donors (Lipinski definition) is 2. The second-order valence-corrected chi connectivity index (χ2v) is 4.85. The normalized spacial score (nSPS) is 12.7. The summed E-state index contributed by atoms with van der Waals surface area (Å²) in [6.45, 7) is 2.06. The summed E-state index contributed by atoms with van der Waals surface area (Å²) in [4.78, 5) is 5.46. The molecular formula is C11H12ClN3S. The standard InChI is InChI=1S/C11H12ClN3S/c1-7-4-5-16-11(7)10(15-13)9-3-2-8(12)6-14-9/h2-6,10,15H,13H2,1H3. The van der Waals surface area contributed by atoms with Crippen LogP contribution in [0, 0.1) is 6.92 Å². The number of nitrogens with zero attached hydrogens (tertiary/aromatic N) is 1. The van der Waals surface area contributed by atoms with Crippen LogP contribution in [-0.4, -0.2) is 4.98 Å². The van der Waals surface area contributed by atoms with Crippen molar-refractivity contribution >= 4 is 22.9 Å². The Bertz CT molecular complexity index is 466. The maximum Gasteiger partial charge on any atom is 0.0975 e. The van der Waals surface area contributed by atoms with E-state index in [1.165, 1.54) is 10.4 Å². The van der Waals surface area contributed by atoms with Gasteiger partial charge in [0.1, 0.15) is 0 Å². The van der Waals surface area contributed by atoms with Crippen molar-refractivity contribution in [1.82, 2.24) is 10.4 Å². The number of aromatic nitrogens is 1. The molecule has 1 atom stereocenters. The van der Waals surface area contributed by atoms with E-state index < -0.39 is 0 Å². The number of hydrogen-bond acceptors (Lipinski definition) is 4. The summed E-state index contributed by atoms with van der Waals surface area (Å²) in [6.07, 6.45) is 1.63. The van der Waals surface area contributed by atoms with E-state index in [0.29, 0.717) is 5.02 Å². The summed E-state index contributed by atoms with van der Waals surface area (Å²) < 4.78 is 0. The molecule has 84 valence electrons. The monoisotopic (exact) mass is 253 g/mol. The highest BCUT2D eigenvalue weighted by atomic mass is 35.5. The van der Waals surface area contributed by atoms with Crippen molar-refractivity contribution in [3.05, 3.63) is 50.9 Å². The number of pyridine rings is 1. The van der Waals surface area contributed by atoms with E-state index in [1.54, 1.807) is 17.5 Å². The van der Waals surface area contributed by atoms with E-state index in [0.717, 1.165) is 5.69 Å². The molecule has 0 saturated heterocycles. The molecule has 0 spiro atoms. The van der Waals surface area contributed by atoms with Crippen LogP contribution in [0.2, 0.25) is 5.02 Å². The Morgan fingerprint density at radius 1 is 1.44 bits per heavy atom. The number of aryl methyl sites for hydroxylation is 1. The first-order valence-electron chi connectivity index (χ1n) is 4.84. The first kappa shape index (κ1) is 11.5. The minimum atomic E-state index is -0.0720. The van der Waals surface area contributed by atoms with Crippen LogP contribution in [0.1, 0.15) is 22.2 Å². The Kier molecular flexibility index (Phi) is 3.56. The van der Waals surface area contributed by atoms with Gasteiger partial charge in [0.2, 0.25) is 0 Å². The number of thiophene rings is 1. The van der Waals surface area contributed by atoms with Crippen LogP contribution in [0.3, 0.4) is 0 Å². The van der Waals surface area contributed by atoms with Gasteiger partial charge in [0.25, 0.3) is 0 Å². The molecule has 2 aromatic heterocycles. The van der Waals surface area contributed by atoms with Gasteiger partial charge in [-0.05, 0) is 36.1 Å². The Morgan fingerprint density at radius 2 is 2.25 bits per heavy atom. The SMILES string of the molecule is Cc1ccsc1C(NN)c1ccc(Cl)cn1. The fourth-order valence-corrected chi connectivity index (χ4v) is 2.64. The largest absolute Gasteiger partial charge is 0.270 e. The molecule has 0 aliphatic carbocycles. The topological polar surface area (TPSA) is 50.9 Å². The summed E-state index contributed by atoms with van der Waals surface area (Å²) in [6, 6.07) is 5.70. The lowest BCUT2D eigenvalue weighted by Crippen LogP contribution is -2.29. The van der Waals surface area contributed by atoms with Gasteiger partial charge in [-0.25, -0.2) is 5.43 Å². The Balaban J connectivity index is 2.37. The first-order valence-corrected chi connectivity index (χ1v) is 6.09. The zero-order valence-electron chi connectivity index (χ0n) is 8.77. The third kappa shape index (κ3) is 2.25. The molecule has 3 N–H and O–H groups in total. The predicted molar refractivity (Wildman–Crippen MR) is 67.5 cm³/mol. The van der Waals surface area contributed by atoms with Gasteiger partial charge in [-0.15, -0.1) is 11.3 Å². The Morgan fingerprint density at radius 3 is 2.75 bits per heavy atom. The lowest BCUT2D eigenvalue weighted by molar-refractivity contribution is 0.627. The van der Waals surface area contributed by atoms with Gasteiger partial charge in [-0.2, -0.15) is 0 Å². The third-order valence-electron chi connectivity index (χ3n) is 2.38. The molecule has 5 heteroatoms. The fraction of sp³-hybridized carbons (Fsp3) is 0.182. The van der Waals surface area contributed by atoms with Crippen LogP contribution in [0.25, 0.3) is 0 Å². The highest BCUT2D eigenvalue weighted by Gasteiger charge is 2.16. The number of nitrogens with two attached hydrogens (primary N) is 1. The Hall–Kier alpha value is -0.940. The minimum absolute atomic E-state index is 0.0720. The lowest BCUT2D eigenvalue weighted by Gasteiger charge is -2.14. The second kappa shape index (κ2) is 4.93. The molecule has 1 unspecified atom stereocenters. The molecule has 0 bridgehead atoms. The molecule has 0 radical (unpaired) electrons. The van der Waals surface area contributed by atoms with Gasteiger partial charge in [0.15, 0.2) is 0 Å². The maximum atomic E-state index is 5.80. The molecule has 0 amide bonds. The third-order valence-corrected chi connectivity index (χ3v) is 3.68. The second-order valence-electron chi connectivity index (χ2n) is 3.47. The van der Waals surface area contributed by atoms with E-state index in [-0.39, 0.29) is 6.04 Å². The molecule has 0 saturated carbocycles. The summed E-state index contributed by atoms with van der Waals surface area (Å²) in [5.74, 6) is 5.59. The van der Waals surface area contributed by atoms with Gasteiger partial charge >= 0.3 is 0 Å². The van der Waals surface area contributed by atoms with Crippen molar-refractivity contribution in [1.29, 1.82) is 0 Å². The Labute approximate surface area is 103 Å². The van der Waals surface area contributed by atoms with Crippen molar-refractivity contribution in [3.63, 3.8) is 0 Å². The molecule has 2 rings (SSSR count).